The minimum Gasteiger partial charge on any atom is -0.382 e. The van der Waals surface area contributed by atoms with Crippen LogP contribution in [0.15, 0.2) is 18.3 Å². The average Bonchev–Trinajstić information content (AvgIpc) is 2.42. The summed E-state index contributed by atoms with van der Waals surface area (Å²) in [5.74, 6) is 0. The number of β-amino-alcohol motifs (C(OH)–C–C–N with tert-alkyl or cyclic N) is 1. The van der Waals surface area contributed by atoms with E-state index < -0.39 is 12.3 Å². The van der Waals surface area contributed by atoms with Crippen molar-refractivity contribution in [3.8, 4) is 0 Å². The standard InChI is InChI=1S/C13H17ClF3N3O/c14-10-1-2-11(18-7-10)8-19-3-5-20(6-4-19)9-12(21)13(15,16)17/h1-2,7,12,21H,3-6,8-9H2/t12-/m1/s1. The van der Waals surface area contributed by atoms with E-state index >= 15 is 0 Å². The van der Waals surface area contributed by atoms with Crippen molar-refractivity contribution in [1.82, 2.24) is 14.8 Å². The maximum Gasteiger partial charge on any atom is 0.415 e. The molecule has 0 bridgehead atoms. The molecule has 2 heterocycles. The second-order valence-electron chi connectivity index (χ2n) is 5.10. The number of nitrogens with zero attached hydrogens (tertiary/aromatic N) is 3. The van der Waals surface area contributed by atoms with Crippen LogP contribution in [0.3, 0.4) is 0 Å². The molecule has 0 unspecified atom stereocenters. The Bertz CT molecular complexity index is 447. The van der Waals surface area contributed by atoms with Crippen molar-refractivity contribution in [3.63, 3.8) is 0 Å². The fraction of sp³-hybridized carbons (Fsp3) is 0.615. The van der Waals surface area contributed by atoms with Crippen LogP contribution in [0.1, 0.15) is 5.69 Å². The summed E-state index contributed by atoms with van der Waals surface area (Å²) >= 11 is 5.76. The highest BCUT2D eigenvalue weighted by Gasteiger charge is 2.39. The van der Waals surface area contributed by atoms with Crippen LogP contribution in [0.4, 0.5) is 13.2 Å². The van der Waals surface area contributed by atoms with Crippen molar-refractivity contribution in [1.29, 1.82) is 0 Å². The Balaban J connectivity index is 1.77. The van der Waals surface area contributed by atoms with Gasteiger partial charge in [0, 0.05) is 45.5 Å². The molecule has 4 nitrogen and oxygen atoms in total. The van der Waals surface area contributed by atoms with Gasteiger partial charge in [0.15, 0.2) is 6.10 Å². The zero-order valence-electron chi connectivity index (χ0n) is 11.4. The van der Waals surface area contributed by atoms with E-state index in [-0.39, 0.29) is 6.54 Å². The predicted molar refractivity (Wildman–Crippen MR) is 73.0 cm³/mol. The van der Waals surface area contributed by atoms with Gasteiger partial charge in [-0.05, 0) is 12.1 Å². The molecule has 1 aliphatic heterocycles. The van der Waals surface area contributed by atoms with Gasteiger partial charge in [0.2, 0.25) is 0 Å². The van der Waals surface area contributed by atoms with Gasteiger partial charge in [0.05, 0.1) is 10.7 Å². The average molecular weight is 324 g/mol. The molecular weight excluding hydrogens is 307 g/mol. The van der Waals surface area contributed by atoms with Gasteiger partial charge in [-0.3, -0.25) is 14.8 Å². The minimum absolute atomic E-state index is 0.365. The van der Waals surface area contributed by atoms with E-state index in [1.807, 2.05) is 6.07 Å². The number of pyridine rings is 1. The predicted octanol–water partition coefficient (Wildman–Crippen LogP) is 1.78. The first-order valence-electron chi connectivity index (χ1n) is 6.64. The molecule has 0 aliphatic carbocycles. The summed E-state index contributed by atoms with van der Waals surface area (Å²) in [5, 5.41) is 9.64. The van der Waals surface area contributed by atoms with E-state index in [9.17, 15) is 13.2 Å². The third-order valence-electron chi connectivity index (χ3n) is 3.45. The third-order valence-corrected chi connectivity index (χ3v) is 3.67. The molecule has 1 saturated heterocycles. The SMILES string of the molecule is O[C@H](CN1CCN(Cc2ccc(Cl)cn2)CC1)C(F)(F)F. The second-order valence-corrected chi connectivity index (χ2v) is 5.54. The van der Waals surface area contributed by atoms with E-state index in [0.29, 0.717) is 37.7 Å². The Morgan fingerprint density at radius 2 is 1.81 bits per heavy atom. The van der Waals surface area contributed by atoms with Gasteiger partial charge in [-0.2, -0.15) is 13.2 Å². The summed E-state index contributed by atoms with van der Waals surface area (Å²) in [7, 11) is 0. The van der Waals surface area contributed by atoms with Crippen LogP contribution in [0.5, 0.6) is 0 Å². The van der Waals surface area contributed by atoms with Gasteiger partial charge in [0.1, 0.15) is 0 Å². The Hall–Kier alpha value is -0.890. The second kappa shape index (κ2) is 6.91. The molecule has 1 atom stereocenters. The van der Waals surface area contributed by atoms with Crippen molar-refractivity contribution >= 4 is 11.6 Å². The van der Waals surface area contributed by atoms with Gasteiger partial charge < -0.3 is 5.11 Å². The third kappa shape index (κ3) is 5.10. The Morgan fingerprint density at radius 1 is 1.19 bits per heavy atom. The molecule has 1 aromatic rings. The number of hydrogen-bond acceptors (Lipinski definition) is 4. The molecule has 0 aromatic carbocycles. The van der Waals surface area contributed by atoms with Gasteiger partial charge in [-0.25, -0.2) is 0 Å². The van der Waals surface area contributed by atoms with Crippen LogP contribution in [-0.2, 0) is 6.54 Å². The minimum atomic E-state index is -4.55. The molecule has 1 aliphatic rings. The fourth-order valence-corrected chi connectivity index (χ4v) is 2.32. The molecular formula is C13H17ClF3N3O. The van der Waals surface area contributed by atoms with Crippen LogP contribution in [0.25, 0.3) is 0 Å². The van der Waals surface area contributed by atoms with Crippen molar-refractivity contribution in [2.24, 2.45) is 0 Å². The van der Waals surface area contributed by atoms with Crippen LogP contribution in [-0.4, -0.2) is 64.9 Å². The van der Waals surface area contributed by atoms with E-state index in [4.69, 9.17) is 16.7 Å². The summed E-state index contributed by atoms with van der Waals surface area (Å²) in [4.78, 5) is 7.94. The Labute approximate surface area is 126 Å². The monoisotopic (exact) mass is 323 g/mol. The van der Waals surface area contributed by atoms with Gasteiger partial charge >= 0.3 is 6.18 Å². The Kier molecular flexibility index (Phi) is 5.43. The number of aliphatic hydroxyl groups excluding tert-OH is 1. The molecule has 1 N–H and O–H groups in total. The first kappa shape index (κ1) is 16.5. The number of alkyl halides is 3. The van der Waals surface area contributed by atoms with E-state index in [1.54, 1.807) is 17.2 Å². The van der Waals surface area contributed by atoms with Crippen LogP contribution >= 0.6 is 11.6 Å². The molecule has 0 spiro atoms. The summed E-state index contributed by atoms with van der Waals surface area (Å²) in [6, 6.07) is 3.60. The van der Waals surface area contributed by atoms with E-state index in [0.717, 1.165) is 5.69 Å². The lowest BCUT2D eigenvalue weighted by Gasteiger charge is -2.35. The summed E-state index contributed by atoms with van der Waals surface area (Å²) in [5.41, 5.74) is 0.878. The number of halogens is 4. The van der Waals surface area contributed by atoms with Crippen molar-refractivity contribution in [3.05, 3.63) is 29.0 Å². The maximum atomic E-state index is 12.3. The number of aliphatic hydroxyl groups is 1. The van der Waals surface area contributed by atoms with Crippen LogP contribution < -0.4 is 0 Å². The summed E-state index contributed by atoms with van der Waals surface area (Å²) in [6.45, 7) is 2.58. The largest absolute Gasteiger partial charge is 0.415 e. The quantitative estimate of drug-likeness (QED) is 0.917. The normalized spacial score (nSPS) is 19.7. The molecule has 21 heavy (non-hydrogen) atoms. The lowest BCUT2D eigenvalue weighted by molar-refractivity contribution is -0.209. The molecule has 1 aromatic heterocycles. The van der Waals surface area contributed by atoms with Crippen LogP contribution in [0, 0.1) is 0 Å². The molecule has 2 rings (SSSR count). The molecule has 118 valence electrons. The molecule has 0 amide bonds. The van der Waals surface area contributed by atoms with Crippen LogP contribution in [0.2, 0.25) is 5.02 Å². The van der Waals surface area contributed by atoms with Gasteiger partial charge in [0.25, 0.3) is 0 Å². The number of piperazine rings is 1. The Morgan fingerprint density at radius 3 is 2.33 bits per heavy atom. The summed E-state index contributed by atoms with van der Waals surface area (Å²) in [6.07, 6.45) is -5.25. The smallest absolute Gasteiger partial charge is 0.382 e. The number of rotatable bonds is 4. The maximum absolute atomic E-state index is 12.3. The number of hydrogen-bond donors (Lipinski definition) is 1. The summed E-state index contributed by atoms with van der Waals surface area (Å²) < 4.78 is 36.9. The molecule has 0 radical (unpaired) electrons. The zero-order valence-corrected chi connectivity index (χ0v) is 12.1. The van der Waals surface area contributed by atoms with Crippen molar-refractivity contribution < 1.29 is 18.3 Å². The van der Waals surface area contributed by atoms with E-state index in [2.05, 4.69) is 9.88 Å². The topological polar surface area (TPSA) is 39.6 Å². The highest BCUT2D eigenvalue weighted by Crippen LogP contribution is 2.21. The van der Waals surface area contributed by atoms with Crippen molar-refractivity contribution in [2.75, 3.05) is 32.7 Å². The van der Waals surface area contributed by atoms with E-state index in [1.165, 1.54) is 0 Å². The van der Waals surface area contributed by atoms with Crippen molar-refractivity contribution in [2.45, 2.75) is 18.8 Å². The molecule has 8 heteroatoms. The molecule has 0 saturated carbocycles. The highest BCUT2D eigenvalue weighted by atomic mass is 35.5. The fourth-order valence-electron chi connectivity index (χ4n) is 2.21. The van der Waals surface area contributed by atoms with Gasteiger partial charge in [-0.15, -0.1) is 0 Å². The van der Waals surface area contributed by atoms with Gasteiger partial charge in [-0.1, -0.05) is 11.6 Å². The highest BCUT2D eigenvalue weighted by molar-refractivity contribution is 6.30. The molecule has 1 fully saturated rings. The first-order chi connectivity index (χ1) is 9.84. The first-order valence-corrected chi connectivity index (χ1v) is 7.02. The lowest BCUT2D eigenvalue weighted by Crippen LogP contribution is -2.50. The number of aromatic nitrogens is 1. The lowest BCUT2D eigenvalue weighted by atomic mass is 10.2. The zero-order chi connectivity index (χ0) is 15.5.